The Morgan fingerprint density at radius 3 is 2.53 bits per heavy atom. The number of hydrogen-bond acceptors (Lipinski definition) is 3. The lowest BCUT2D eigenvalue weighted by Crippen LogP contribution is -2.03. The number of ketones is 1. The smallest absolute Gasteiger partial charge is 0.173 e. The second-order valence-electron chi connectivity index (χ2n) is 4.51. The maximum absolute atomic E-state index is 12.1. The molecule has 0 aliphatic heterocycles. The topological polar surface area (TPSA) is 34.9 Å². The summed E-state index contributed by atoms with van der Waals surface area (Å²) in [6.45, 7) is 4.06. The summed E-state index contributed by atoms with van der Waals surface area (Å²) >= 11 is 1.53. The van der Waals surface area contributed by atoms with E-state index in [1.165, 1.54) is 17.3 Å². The third-order valence-electron chi connectivity index (χ3n) is 2.99. The molecule has 0 saturated heterocycles. The molecule has 19 heavy (non-hydrogen) atoms. The third-order valence-corrected chi connectivity index (χ3v) is 4.08. The van der Waals surface area contributed by atoms with E-state index in [0.717, 1.165) is 22.7 Å². The first-order valence-electron chi connectivity index (χ1n) is 6.35. The van der Waals surface area contributed by atoms with E-state index < -0.39 is 0 Å². The summed E-state index contributed by atoms with van der Waals surface area (Å²) < 4.78 is 1.81. The first-order chi connectivity index (χ1) is 9.10. The van der Waals surface area contributed by atoms with Gasteiger partial charge in [0.05, 0.1) is 16.5 Å². The Kier molecular flexibility index (Phi) is 4.43. The average molecular weight is 274 g/mol. The van der Waals surface area contributed by atoms with Gasteiger partial charge in [-0.2, -0.15) is 5.10 Å². The third kappa shape index (κ3) is 3.47. The van der Waals surface area contributed by atoms with Crippen molar-refractivity contribution in [3.8, 4) is 0 Å². The van der Waals surface area contributed by atoms with Crippen LogP contribution in [0.5, 0.6) is 0 Å². The predicted molar refractivity (Wildman–Crippen MR) is 78.8 cm³/mol. The molecule has 0 unspecified atom stereocenters. The number of benzene rings is 1. The van der Waals surface area contributed by atoms with Crippen molar-refractivity contribution in [1.82, 2.24) is 9.78 Å². The van der Waals surface area contributed by atoms with Gasteiger partial charge in [0.2, 0.25) is 0 Å². The lowest BCUT2D eigenvalue weighted by atomic mass is 10.1. The van der Waals surface area contributed by atoms with Crippen LogP contribution < -0.4 is 0 Å². The Labute approximate surface area is 118 Å². The molecule has 1 heterocycles. The zero-order valence-electron chi connectivity index (χ0n) is 11.5. The van der Waals surface area contributed by atoms with E-state index in [9.17, 15) is 4.79 Å². The molecule has 4 heteroatoms. The van der Waals surface area contributed by atoms with E-state index in [0.29, 0.717) is 5.75 Å². The fourth-order valence-corrected chi connectivity index (χ4v) is 2.80. The Balaban J connectivity index is 1.99. The SMILES string of the molecule is CCc1ccc(C(=O)CSc2cc(C)nn2C)cc1. The van der Waals surface area contributed by atoms with Crippen molar-refractivity contribution in [3.63, 3.8) is 0 Å². The fourth-order valence-electron chi connectivity index (χ4n) is 1.87. The number of Topliss-reactive ketones (excluding diaryl/α,β-unsaturated/α-hetero) is 1. The first kappa shape index (κ1) is 13.9. The van der Waals surface area contributed by atoms with E-state index in [2.05, 4.69) is 12.0 Å². The van der Waals surface area contributed by atoms with Crippen LogP contribution in [-0.2, 0) is 13.5 Å². The monoisotopic (exact) mass is 274 g/mol. The number of rotatable bonds is 5. The molecule has 0 spiro atoms. The predicted octanol–water partition coefficient (Wildman–Crippen LogP) is 3.27. The number of thioether (sulfide) groups is 1. The lowest BCUT2D eigenvalue weighted by Gasteiger charge is -2.03. The van der Waals surface area contributed by atoms with Crippen LogP contribution in [0.3, 0.4) is 0 Å². The number of nitrogens with zero attached hydrogens (tertiary/aromatic N) is 2. The van der Waals surface area contributed by atoms with Gasteiger partial charge in [-0.05, 0) is 25.0 Å². The normalized spacial score (nSPS) is 10.7. The van der Waals surface area contributed by atoms with E-state index >= 15 is 0 Å². The van der Waals surface area contributed by atoms with Crippen LogP contribution >= 0.6 is 11.8 Å². The molecule has 1 aromatic carbocycles. The zero-order valence-corrected chi connectivity index (χ0v) is 12.3. The summed E-state index contributed by atoms with van der Waals surface area (Å²) in [6.07, 6.45) is 0.998. The molecule has 0 N–H and O–H groups in total. The molecule has 0 saturated carbocycles. The summed E-state index contributed by atoms with van der Waals surface area (Å²) in [5.74, 6) is 0.608. The number of hydrogen-bond donors (Lipinski definition) is 0. The zero-order chi connectivity index (χ0) is 13.8. The van der Waals surface area contributed by atoms with Crippen molar-refractivity contribution in [2.45, 2.75) is 25.3 Å². The van der Waals surface area contributed by atoms with Gasteiger partial charge in [-0.25, -0.2) is 0 Å². The molecule has 2 aromatic rings. The highest BCUT2D eigenvalue weighted by molar-refractivity contribution is 7.99. The van der Waals surface area contributed by atoms with Gasteiger partial charge >= 0.3 is 0 Å². The molecule has 0 bridgehead atoms. The van der Waals surface area contributed by atoms with Gasteiger partial charge in [0, 0.05) is 12.6 Å². The summed E-state index contributed by atoms with van der Waals surface area (Å²) in [6, 6.07) is 9.86. The lowest BCUT2D eigenvalue weighted by molar-refractivity contribution is 0.102. The van der Waals surface area contributed by atoms with Gasteiger partial charge in [0.1, 0.15) is 0 Å². The van der Waals surface area contributed by atoms with Crippen molar-refractivity contribution in [2.24, 2.45) is 7.05 Å². The molecule has 0 aliphatic rings. The standard InChI is InChI=1S/C15H18N2OS/c1-4-12-5-7-13(8-6-12)14(18)10-19-15-9-11(2)16-17(15)3/h5-9H,4,10H2,1-3H3. The minimum Gasteiger partial charge on any atom is -0.293 e. The van der Waals surface area contributed by atoms with E-state index in [1.807, 2.05) is 49.0 Å². The van der Waals surface area contributed by atoms with Gasteiger partial charge in [0.15, 0.2) is 5.78 Å². The molecule has 3 nitrogen and oxygen atoms in total. The van der Waals surface area contributed by atoms with Crippen molar-refractivity contribution >= 4 is 17.5 Å². The number of aromatic nitrogens is 2. The Morgan fingerprint density at radius 2 is 2.00 bits per heavy atom. The number of carbonyl (C=O) groups excluding carboxylic acids is 1. The molecular formula is C15H18N2OS. The molecule has 100 valence electrons. The van der Waals surface area contributed by atoms with Gasteiger partial charge < -0.3 is 0 Å². The molecule has 0 aliphatic carbocycles. The average Bonchev–Trinajstić information content (AvgIpc) is 2.74. The minimum atomic E-state index is 0.159. The van der Waals surface area contributed by atoms with E-state index in [4.69, 9.17) is 0 Å². The Morgan fingerprint density at radius 1 is 1.32 bits per heavy atom. The Bertz CT molecular complexity index is 572. The molecule has 2 rings (SSSR count). The van der Waals surface area contributed by atoms with Crippen LogP contribution in [-0.4, -0.2) is 21.3 Å². The van der Waals surface area contributed by atoms with Crippen molar-refractivity contribution < 1.29 is 4.79 Å². The molecule has 0 fully saturated rings. The van der Waals surface area contributed by atoms with Gasteiger partial charge in [-0.1, -0.05) is 43.0 Å². The molecular weight excluding hydrogens is 256 g/mol. The summed E-state index contributed by atoms with van der Waals surface area (Å²) in [5, 5.41) is 5.29. The first-order valence-corrected chi connectivity index (χ1v) is 7.34. The van der Waals surface area contributed by atoms with E-state index in [-0.39, 0.29) is 5.78 Å². The highest BCUT2D eigenvalue weighted by Crippen LogP contribution is 2.19. The van der Waals surface area contributed by atoms with Crippen molar-refractivity contribution in [3.05, 3.63) is 47.2 Å². The van der Waals surface area contributed by atoms with Crippen LogP contribution in [0.2, 0.25) is 0 Å². The quantitative estimate of drug-likeness (QED) is 0.620. The molecule has 0 atom stereocenters. The summed E-state index contributed by atoms with van der Waals surface area (Å²) in [4.78, 5) is 12.1. The summed E-state index contributed by atoms with van der Waals surface area (Å²) in [5.41, 5.74) is 3.01. The van der Waals surface area contributed by atoms with Crippen molar-refractivity contribution in [2.75, 3.05) is 5.75 Å². The Hall–Kier alpha value is -1.55. The van der Waals surface area contributed by atoms with Crippen LogP contribution in [0.25, 0.3) is 0 Å². The maximum Gasteiger partial charge on any atom is 0.173 e. The molecule has 0 amide bonds. The largest absolute Gasteiger partial charge is 0.293 e. The van der Waals surface area contributed by atoms with Crippen molar-refractivity contribution in [1.29, 1.82) is 0 Å². The highest BCUT2D eigenvalue weighted by atomic mass is 32.2. The fraction of sp³-hybridized carbons (Fsp3) is 0.333. The van der Waals surface area contributed by atoms with Gasteiger partial charge in [0.25, 0.3) is 0 Å². The van der Waals surface area contributed by atoms with Gasteiger partial charge in [-0.15, -0.1) is 0 Å². The second-order valence-corrected chi connectivity index (χ2v) is 5.51. The number of carbonyl (C=O) groups is 1. The maximum atomic E-state index is 12.1. The van der Waals surface area contributed by atoms with Crippen LogP contribution in [0.4, 0.5) is 0 Å². The minimum absolute atomic E-state index is 0.159. The summed E-state index contributed by atoms with van der Waals surface area (Å²) in [7, 11) is 1.90. The highest BCUT2D eigenvalue weighted by Gasteiger charge is 2.09. The molecule has 0 radical (unpaired) electrons. The van der Waals surface area contributed by atoms with Gasteiger partial charge in [-0.3, -0.25) is 9.48 Å². The number of aryl methyl sites for hydroxylation is 3. The van der Waals surface area contributed by atoms with E-state index in [1.54, 1.807) is 0 Å². The molecule has 1 aromatic heterocycles. The van der Waals surface area contributed by atoms with Crippen LogP contribution in [0.15, 0.2) is 35.4 Å². The van der Waals surface area contributed by atoms with Crippen LogP contribution in [0.1, 0.15) is 28.5 Å². The van der Waals surface area contributed by atoms with Crippen LogP contribution in [0, 0.1) is 6.92 Å². The second kappa shape index (κ2) is 6.06.